The summed E-state index contributed by atoms with van der Waals surface area (Å²) in [5.74, 6) is 0.873. The lowest BCUT2D eigenvalue weighted by Crippen LogP contribution is -2.37. The smallest absolute Gasteiger partial charge is 0.165 e. The van der Waals surface area contributed by atoms with E-state index in [0.29, 0.717) is 27.3 Å². The lowest BCUT2D eigenvalue weighted by Gasteiger charge is -2.23. The highest BCUT2D eigenvalue weighted by atomic mass is 79.9. The average Bonchev–Trinajstić information content (AvgIpc) is 3.01. The molecule has 10 heteroatoms. The highest BCUT2D eigenvalue weighted by Crippen LogP contribution is 2.41. The Morgan fingerprint density at radius 1 is 1.10 bits per heavy atom. The van der Waals surface area contributed by atoms with E-state index in [9.17, 15) is 5.11 Å². The van der Waals surface area contributed by atoms with Gasteiger partial charge in [0.15, 0.2) is 5.65 Å². The van der Waals surface area contributed by atoms with Crippen molar-refractivity contribution in [1.82, 2.24) is 19.9 Å². The normalized spacial score (nSPS) is 14.6. The van der Waals surface area contributed by atoms with Crippen molar-refractivity contribution >= 4 is 51.6 Å². The molecule has 1 aliphatic heterocycles. The maximum absolute atomic E-state index is 9.77. The summed E-state index contributed by atoms with van der Waals surface area (Å²) in [6.07, 6.45) is 2.10. The van der Waals surface area contributed by atoms with E-state index in [4.69, 9.17) is 32.9 Å². The predicted octanol–water partition coefficient (Wildman–Crippen LogP) is 4.78. The highest BCUT2D eigenvalue weighted by molar-refractivity contribution is 8.93. The first-order valence-electron chi connectivity index (χ1n) is 10.0. The van der Waals surface area contributed by atoms with Crippen molar-refractivity contribution in [1.29, 1.82) is 0 Å². The zero-order valence-electron chi connectivity index (χ0n) is 17.4. The van der Waals surface area contributed by atoms with Gasteiger partial charge in [-0.3, -0.25) is 0 Å². The van der Waals surface area contributed by atoms with E-state index in [1.165, 1.54) is 12.1 Å². The van der Waals surface area contributed by atoms with E-state index in [-0.39, 0.29) is 22.7 Å². The Morgan fingerprint density at radius 3 is 2.45 bits per heavy atom. The van der Waals surface area contributed by atoms with Gasteiger partial charge < -0.3 is 20.5 Å². The van der Waals surface area contributed by atoms with Crippen molar-refractivity contribution in [2.75, 3.05) is 31.6 Å². The van der Waals surface area contributed by atoms with Crippen LogP contribution in [0.2, 0.25) is 10.0 Å². The first-order valence-corrected chi connectivity index (χ1v) is 10.8. The number of hydrogen-bond acceptors (Lipinski definition) is 6. The summed E-state index contributed by atoms with van der Waals surface area (Å²) >= 11 is 12.8. The first-order chi connectivity index (χ1) is 14.4. The fourth-order valence-corrected chi connectivity index (χ4v) is 4.49. The van der Waals surface area contributed by atoms with Gasteiger partial charge in [-0.25, -0.2) is 4.98 Å². The van der Waals surface area contributed by atoms with Crippen LogP contribution in [0.4, 0.5) is 5.82 Å². The fraction of sp³-hybridized carbons (Fsp3) is 0.429. The molecule has 0 saturated carbocycles. The number of ether oxygens (including phenoxy) is 1. The topological polar surface area (TPSA) is 83.7 Å². The number of benzene rings is 1. The lowest BCUT2D eigenvalue weighted by atomic mass is 10.1. The second kappa shape index (κ2) is 10.4. The third-order valence-electron chi connectivity index (χ3n) is 5.25. The van der Waals surface area contributed by atoms with Crippen LogP contribution < -0.4 is 10.6 Å². The van der Waals surface area contributed by atoms with Gasteiger partial charge in [-0.05, 0) is 38.8 Å². The van der Waals surface area contributed by atoms with Gasteiger partial charge in [0.1, 0.15) is 11.6 Å². The number of phenols is 1. The van der Waals surface area contributed by atoms with E-state index >= 15 is 0 Å². The maximum Gasteiger partial charge on any atom is 0.165 e. The van der Waals surface area contributed by atoms with Crippen LogP contribution in [-0.2, 0) is 4.74 Å². The van der Waals surface area contributed by atoms with E-state index in [1.54, 1.807) is 4.52 Å². The molecule has 1 fully saturated rings. The van der Waals surface area contributed by atoms with Crippen LogP contribution in [0, 0.1) is 13.8 Å². The Morgan fingerprint density at radius 2 is 1.77 bits per heavy atom. The number of nitrogens with zero attached hydrogens (tertiary/aromatic N) is 3. The average molecular weight is 531 g/mol. The molecule has 1 saturated heterocycles. The van der Waals surface area contributed by atoms with Crippen LogP contribution in [0.3, 0.4) is 0 Å². The molecule has 2 aromatic heterocycles. The van der Waals surface area contributed by atoms with Gasteiger partial charge >= 0.3 is 0 Å². The molecule has 0 amide bonds. The monoisotopic (exact) mass is 529 g/mol. The minimum Gasteiger partial charge on any atom is -0.508 e. The second-order valence-corrected chi connectivity index (χ2v) is 8.34. The van der Waals surface area contributed by atoms with Crippen molar-refractivity contribution < 1.29 is 9.84 Å². The van der Waals surface area contributed by atoms with E-state index in [0.717, 1.165) is 61.9 Å². The molecule has 3 N–H and O–H groups in total. The summed E-state index contributed by atoms with van der Waals surface area (Å²) in [6.45, 7) is 7.09. The number of aromatic hydroxyl groups is 1. The van der Waals surface area contributed by atoms with Crippen LogP contribution in [0.5, 0.6) is 5.75 Å². The minimum absolute atomic E-state index is 0. The molecular weight excluding hydrogens is 505 g/mol. The molecule has 0 bridgehead atoms. The molecule has 7 nitrogen and oxygen atoms in total. The van der Waals surface area contributed by atoms with E-state index in [2.05, 4.69) is 15.7 Å². The fourth-order valence-electron chi connectivity index (χ4n) is 3.83. The van der Waals surface area contributed by atoms with Crippen LogP contribution in [0.1, 0.15) is 24.2 Å². The standard InChI is InChI=1S/C21H25Cl2N5O2.BrH/c1-12-9-18(25-6-5-24-14-3-7-30-8-4-14)28-21(26-12)19(13(2)27-28)20-16(22)10-15(29)11-17(20)23;/h9-11,14,24-25,29H,3-8H2,1-2H3;1H. The molecule has 168 valence electrons. The summed E-state index contributed by atoms with van der Waals surface area (Å²) in [5.41, 5.74) is 3.66. The van der Waals surface area contributed by atoms with Crippen molar-refractivity contribution in [3.05, 3.63) is 39.6 Å². The predicted molar refractivity (Wildman–Crippen MR) is 130 cm³/mol. The SMILES string of the molecule is Br.Cc1cc(NCCNC2CCOCC2)n2nc(C)c(-c3c(Cl)cc(O)cc3Cl)c2n1. The molecular formula is C21H26BrCl2N5O2. The number of phenolic OH excluding ortho intramolecular Hbond substituents is 1. The molecule has 0 atom stereocenters. The van der Waals surface area contributed by atoms with E-state index < -0.39 is 0 Å². The molecule has 0 aliphatic carbocycles. The van der Waals surface area contributed by atoms with Gasteiger partial charge in [-0.15, -0.1) is 17.0 Å². The first kappa shape index (κ1) is 24.1. The van der Waals surface area contributed by atoms with Gasteiger partial charge in [0.2, 0.25) is 0 Å². The summed E-state index contributed by atoms with van der Waals surface area (Å²) in [6, 6.07) is 5.43. The number of halogens is 3. The van der Waals surface area contributed by atoms with Crippen LogP contribution in [-0.4, -0.2) is 52.0 Å². The number of anilines is 1. The summed E-state index contributed by atoms with van der Waals surface area (Å²) < 4.78 is 7.19. The Hall–Kier alpha value is -1.58. The summed E-state index contributed by atoms with van der Waals surface area (Å²) in [5, 5.41) is 22.2. The molecule has 31 heavy (non-hydrogen) atoms. The van der Waals surface area contributed by atoms with Gasteiger partial charge in [0.05, 0.1) is 21.3 Å². The number of aryl methyl sites for hydroxylation is 2. The van der Waals surface area contributed by atoms with Crippen molar-refractivity contribution in [2.45, 2.75) is 32.7 Å². The van der Waals surface area contributed by atoms with Crippen molar-refractivity contribution in [3.63, 3.8) is 0 Å². The van der Waals surface area contributed by atoms with Crippen LogP contribution in [0.25, 0.3) is 16.8 Å². The second-order valence-electron chi connectivity index (χ2n) is 7.53. The number of aromatic nitrogens is 3. The summed E-state index contributed by atoms with van der Waals surface area (Å²) in [4.78, 5) is 4.69. The van der Waals surface area contributed by atoms with Gasteiger partial charge in [0, 0.05) is 49.7 Å². The molecule has 1 aliphatic rings. The maximum atomic E-state index is 9.77. The van der Waals surface area contributed by atoms with Gasteiger partial charge in [-0.1, -0.05) is 23.2 Å². The summed E-state index contributed by atoms with van der Waals surface area (Å²) in [7, 11) is 0. The number of nitrogens with one attached hydrogen (secondary N) is 2. The third kappa shape index (κ3) is 5.26. The molecule has 0 radical (unpaired) electrons. The van der Waals surface area contributed by atoms with E-state index in [1.807, 2.05) is 19.9 Å². The molecule has 0 unspecified atom stereocenters. The number of rotatable bonds is 6. The van der Waals surface area contributed by atoms with Crippen LogP contribution >= 0.6 is 40.2 Å². The van der Waals surface area contributed by atoms with Crippen molar-refractivity contribution in [2.24, 2.45) is 0 Å². The Kier molecular flexibility index (Phi) is 8.04. The molecule has 3 aromatic rings. The zero-order chi connectivity index (χ0) is 21.3. The Bertz CT molecular complexity index is 1050. The molecule has 1 aromatic carbocycles. The number of fused-ring (bicyclic) bond motifs is 1. The Labute approximate surface area is 201 Å². The van der Waals surface area contributed by atoms with Gasteiger partial charge in [-0.2, -0.15) is 9.61 Å². The van der Waals surface area contributed by atoms with Crippen molar-refractivity contribution in [3.8, 4) is 16.9 Å². The zero-order valence-corrected chi connectivity index (χ0v) is 20.6. The lowest BCUT2D eigenvalue weighted by molar-refractivity contribution is 0.0784. The molecule has 3 heterocycles. The van der Waals surface area contributed by atoms with Crippen LogP contribution in [0.15, 0.2) is 18.2 Å². The molecule has 4 rings (SSSR count). The quantitative estimate of drug-likeness (QED) is 0.397. The number of hydrogen-bond donors (Lipinski definition) is 3. The highest BCUT2D eigenvalue weighted by Gasteiger charge is 2.21. The molecule has 0 spiro atoms. The minimum atomic E-state index is 0. The largest absolute Gasteiger partial charge is 0.508 e. The van der Waals surface area contributed by atoms with Gasteiger partial charge in [0.25, 0.3) is 0 Å². The Balaban J connectivity index is 0.00000272. The third-order valence-corrected chi connectivity index (χ3v) is 5.85.